The standard InChI is InChI=1S/C28H33FN6O5S/c1-6-14-40-21(19-15-18(29)8-9-20(19)39-5)16-33-25-22(17(2)24(41-25)35-30-11-12-31-35)23(36)34(27(33)38)28(3)10-7-13-32(4)26(28)37/h8-9,11-12,15,21H,6-7,10,13-14,16H2,1-5H3/t21-,28-/m0/s1. The fraction of sp³-hybridized carbons (Fsp3) is 0.464. The SMILES string of the molecule is CCCO[C@@H](Cn1c(=O)n([C@@]2(C)CCCN(C)C2=O)c(=O)c2c(C)c(-n3nccn3)sc21)c1cc(F)ccc1OC. The first-order valence-corrected chi connectivity index (χ1v) is 14.3. The van der Waals surface area contributed by atoms with E-state index < -0.39 is 28.7 Å². The first-order chi connectivity index (χ1) is 19.6. The van der Waals surface area contributed by atoms with Crippen LogP contribution in [0.3, 0.4) is 0 Å². The van der Waals surface area contributed by atoms with Crippen molar-refractivity contribution in [3.8, 4) is 10.8 Å². The number of carbonyl (C=O) groups is 1. The second-order valence-electron chi connectivity index (χ2n) is 10.4. The van der Waals surface area contributed by atoms with Crippen LogP contribution in [0.25, 0.3) is 15.2 Å². The van der Waals surface area contributed by atoms with Crippen molar-refractivity contribution in [2.24, 2.45) is 0 Å². The van der Waals surface area contributed by atoms with Crippen molar-refractivity contribution < 1.29 is 18.7 Å². The maximum atomic E-state index is 14.5. The summed E-state index contributed by atoms with van der Waals surface area (Å²) in [4.78, 5) is 45.4. The molecule has 0 unspecified atom stereocenters. The molecule has 11 nitrogen and oxygen atoms in total. The van der Waals surface area contributed by atoms with Crippen LogP contribution >= 0.6 is 11.3 Å². The maximum absolute atomic E-state index is 14.5. The molecule has 0 saturated carbocycles. The van der Waals surface area contributed by atoms with Gasteiger partial charge in [0.25, 0.3) is 5.56 Å². The zero-order chi connectivity index (χ0) is 29.5. The van der Waals surface area contributed by atoms with Gasteiger partial charge in [0.15, 0.2) is 0 Å². The van der Waals surface area contributed by atoms with Gasteiger partial charge >= 0.3 is 5.69 Å². The molecule has 218 valence electrons. The van der Waals surface area contributed by atoms with E-state index in [1.165, 1.54) is 58.4 Å². The molecule has 1 amide bonds. The number of benzene rings is 1. The van der Waals surface area contributed by atoms with Gasteiger partial charge in [-0.15, -0.1) is 4.80 Å². The molecule has 0 bridgehead atoms. The predicted molar refractivity (Wildman–Crippen MR) is 152 cm³/mol. The van der Waals surface area contributed by atoms with Gasteiger partial charge < -0.3 is 14.4 Å². The van der Waals surface area contributed by atoms with Crippen LogP contribution in [0.2, 0.25) is 0 Å². The molecule has 41 heavy (non-hydrogen) atoms. The molecular formula is C28H33FN6O5S. The van der Waals surface area contributed by atoms with Crippen molar-refractivity contribution in [2.75, 3.05) is 27.3 Å². The Morgan fingerprint density at radius 2 is 1.93 bits per heavy atom. The highest BCUT2D eigenvalue weighted by atomic mass is 32.1. The number of carbonyl (C=O) groups excluding carboxylic acids is 1. The molecule has 1 aliphatic rings. The van der Waals surface area contributed by atoms with Crippen LogP contribution in [0.15, 0.2) is 40.2 Å². The number of aryl methyl sites for hydroxylation is 1. The molecule has 0 spiro atoms. The molecule has 1 aliphatic heterocycles. The molecule has 4 heterocycles. The molecule has 13 heteroatoms. The Labute approximate surface area is 239 Å². The van der Waals surface area contributed by atoms with Crippen molar-refractivity contribution >= 4 is 27.5 Å². The van der Waals surface area contributed by atoms with E-state index in [9.17, 15) is 18.8 Å². The zero-order valence-electron chi connectivity index (χ0n) is 23.7. The number of fused-ring (bicyclic) bond motifs is 1. The Hall–Kier alpha value is -3.84. The lowest BCUT2D eigenvalue weighted by Crippen LogP contribution is -2.59. The van der Waals surface area contributed by atoms with Crippen LogP contribution in [0.1, 0.15) is 50.3 Å². The molecular weight excluding hydrogens is 551 g/mol. The van der Waals surface area contributed by atoms with Gasteiger partial charge in [-0.25, -0.2) is 13.8 Å². The second-order valence-corrected chi connectivity index (χ2v) is 11.4. The average Bonchev–Trinajstić information content (AvgIpc) is 3.59. The molecule has 1 fully saturated rings. The summed E-state index contributed by atoms with van der Waals surface area (Å²) < 4.78 is 28.7. The number of thiophene rings is 1. The van der Waals surface area contributed by atoms with Gasteiger partial charge in [-0.1, -0.05) is 18.3 Å². The molecule has 1 saturated heterocycles. The summed E-state index contributed by atoms with van der Waals surface area (Å²) in [5.41, 5.74) is -1.56. The molecule has 4 aromatic rings. The number of likely N-dealkylation sites (N-methyl/N-ethyl adjacent to an activating group) is 1. The topological polar surface area (TPSA) is 113 Å². The van der Waals surface area contributed by atoms with E-state index in [0.717, 1.165) is 4.57 Å². The number of likely N-dealkylation sites (tertiary alicyclic amines) is 1. The number of aromatic nitrogens is 5. The van der Waals surface area contributed by atoms with Crippen LogP contribution < -0.4 is 16.0 Å². The van der Waals surface area contributed by atoms with E-state index in [-0.39, 0.29) is 12.5 Å². The summed E-state index contributed by atoms with van der Waals surface area (Å²) in [7, 11) is 3.15. The smallest absolute Gasteiger partial charge is 0.333 e. The molecule has 3 aromatic heterocycles. The molecule has 0 radical (unpaired) electrons. The fourth-order valence-electron chi connectivity index (χ4n) is 5.55. The Kier molecular flexibility index (Phi) is 7.84. The van der Waals surface area contributed by atoms with Crippen LogP contribution in [0.5, 0.6) is 5.75 Å². The third kappa shape index (κ3) is 4.86. The van der Waals surface area contributed by atoms with E-state index >= 15 is 0 Å². The molecule has 0 aliphatic carbocycles. The van der Waals surface area contributed by atoms with Crippen LogP contribution in [0, 0.1) is 12.7 Å². The molecule has 0 N–H and O–H groups in total. The van der Waals surface area contributed by atoms with E-state index in [1.54, 1.807) is 25.8 Å². The van der Waals surface area contributed by atoms with Gasteiger partial charge in [0.2, 0.25) is 5.91 Å². The largest absolute Gasteiger partial charge is 0.496 e. The number of nitrogens with zero attached hydrogens (tertiary/aromatic N) is 6. The van der Waals surface area contributed by atoms with E-state index in [1.807, 2.05) is 6.92 Å². The van der Waals surface area contributed by atoms with Crippen molar-refractivity contribution in [1.82, 2.24) is 29.0 Å². The van der Waals surface area contributed by atoms with Crippen molar-refractivity contribution in [2.45, 2.75) is 58.2 Å². The number of rotatable bonds is 9. The van der Waals surface area contributed by atoms with Gasteiger partial charge in [0.1, 0.15) is 33.0 Å². The zero-order valence-corrected chi connectivity index (χ0v) is 24.5. The lowest BCUT2D eigenvalue weighted by atomic mass is 9.89. The minimum absolute atomic E-state index is 0.0541. The molecule has 2 atom stereocenters. The minimum atomic E-state index is -1.38. The minimum Gasteiger partial charge on any atom is -0.496 e. The second kappa shape index (κ2) is 11.2. The number of halogens is 1. The molecule has 1 aromatic carbocycles. The molecule has 5 rings (SSSR count). The Balaban J connectivity index is 1.80. The quantitative estimate of drug-likeness (QED) is 0.296. The van der Waals surface area contributed by atoms with Gasteiger partial charge in [-0.2, -0.15) is 10.2 Å². The van der Waals surface area contributed by atoms with Crippen LogP contribution in [-0.4, -0.2) is 62.2 Å². The average molecular weight is 585 g/mol. The maximum Gasteiger partial charge on any atom is 0.333 e. The summed E-state index contributed by atoms with van der Waals surface area (Å²) in [5, 5.41) is 9.32. The highest BCUT2D eigenvalue weighted by molar-refractivity contribution is 7.21. The van der Waals surface area contributed by atoms with Gasteiger partial charge in [-0.3, -0.25) is 14.2 Å². The normalized spacial score (nSPS) is 18.3. The summed E-state index contributed by atoms with van der Waals surface area (Å²) in [6.07, 6.45) is 3.91. The van der Waals surface area contributed by atoms with E-state index in [4.69, 9.17) is 9.47 Å². The number of methoxy groups -OCH3 is 1. The number of ether oxygens (including phenoxy) is 2. The number of amides is 1. The Morgan fingerprint density at radius 1 is 1.20 bits per heavy atom. The predicted octanol–water partition coefficient (Wildman–Crippen LogP) is 3.40. The van der Waals surface area contributed by atoms with Crippen molar-refractivity contribution in [1.29, 1.82) is 0 Å². The Bertz CT molecular complexity index is 1710. The highest BCUT2D eigenvalue weighted by Gasteiger charge is 2.43. The number of piperidine rings is 1. The van der Waals surface area contributed by atoms with Crippen molar-refractivity contribution in [3.05, 3.63) is 68.4 Å². The lowest BCUT2D eigenvalue weighted by Gasteiger charge is -2.38. The van der Waals surface area contributed by atoms with Crippen LogP contribution in [-0.2, 0) is 21.6 Å². The monoisotopic (exact) mass is 584 g/mol. The van der Waals surface area contributed by atoms with E-state index in [2.05, 4.69) is 10.2 Å². The summed E-state index contributed by atoms with van der Waals surface area (Å²) >= 11 is 1.20. The Morgan fingerprint density at radius 3 is 2.61 bits per heavy atom. The van der Waals surface area contributed by atoms with Gasteiger partial charge in [-0.05, 0) is 51.3 Å². The first-order valence-electron chi connectivity index (χ1n) is 13.5. The summed E-state index contributed by atoms with van der Waals surface area (Å²) in [5.74, 6) is -0.373. The van der Waals surface area contributed by atoms with Crippen molar-refractivity contribution in [3.63, 3.8) is 0 Å². The summed E-state index contributed by atoms with van der Waals surface area (Å²) in [6.45, 7) is 6.19. The lowest BCUT2D eigenvalue weighted by molar-refractivity contribution is -0.142. The summed E-state index contributed by atoms with van der Waals surface area (Å²) in [6, 6.07) is 4.14. The third-order valence-electron chi connectivity index (χ3n) is 7.66. The third-order valence-corrected chi connectivity index (χ3v) is 8.94. The fourth-order valence-corrected chi connectivity index (χ4v) is 6.77. The van der Waals surface area contributed by atoms with Gasteiger partial charge in [0, 0.05) is 31.3 Å². The van der Waals surface area contributed by atoms with Gasteiger partial charge in [0.05, 0.1) is 31.4 Å². The number of hydrogen-bond acceptors (Lipinski definition) is 8. The number of hydrogen-bond donors (Lipinski definition) is 0. The van der Waals surface area contributed by atoms with Crippen LogP contribution in [0.4, 0.5) is 4.39 Å². The highest BCUT2D eigenvalue weighted by Crippen LogP contribution is 2.35. The van der Waals surface area contributed by atoms with E-state index in [0.29, 0.717) is 64.5 Å². The first kappa shape index (κ1) is 28.7.